The number of hydrogen-bond acceptors (Lipinski definition) is 3. The normalized spacial score (nSPS) is 12.8. The quantitative estimate of drug-likeness (QED) is 0.795. The van der Waals surface area contributed by atoms with Crippen LogP contribution in [0.2, 0.25) is 0 Å². The van der Waals surface area contributed by atoms with Crippen LogP contribution in [0.1, 0.15) is 43.3 Å². The molecule has 1 unspecified atom stereocenters. The number of anilines is 1. The average Bonchev–Trinajstić information content (AvgIpc) is 2.75. The summed E-state index contributed by atoms with van der Waals surface area (Å²) in [7, 11) is 0. The van der Waals surface area contributed by atoms with Gasteiger partial charge in [-0.2, -0.15) is 0 Å². The van der Waals surface area contributed by atoms with Gasteiger partial charge < -0.3 is 11.1 Å². The Kier molecular flexibility index (Phi) is 5.27. The molecular weight excluding hydrogens is 348 g/mol. The van der Waals surface area contributed by atoms with Crippen molar-refractivity contribution < 1.29 is 4.79 Å². The summed E-state index contributed by atoms with van der Waals surface area (Å²) in [6, 6.07) is 6.04. The van der Waals surface area contributed by atoms with Gasteiger partial charge in [0.15, 0.2) is 0 Å². The molecule has 1 heterocycles. The van der Waals surface area contributed by atoms with Crippen LogP contribution in [0, 0.1) is 5.92 Å². The van der Waals surface area contributed by atoms with Crippen LogP contribution in [0.15, 0.2) is 22.7 Å². The molecule has 0 bridgehead atoms. The monoisotopic (exact) mass is 368 g/mol. The van der Waals surface area contributed by atoms with Crippen molar-refractivity contribution in [2.75, 3.05) is 5.73 Å². The molecule has 0 fully saturated rings. The van der Waals surface area contributed by atoms with Gasteiger partial charge in [-0.1, -0.05) is 35.8 Å². The zero-order valence-corrected chi connectivity index (χ0v) is 15.0. The van der Waals surface area contributed by atoms with Crippen molar-refractivity contribution in [3.63, 3.8) is 0 Å². The zero-order valence-electron chi connectivity index (χ0n) is 12.6. The molecule has 1 aromatic carbocycles. The van der Waals surface area contributed by atoms with Crippen molar-refractivity contribution in [2.45, 2.75) is 39.7 Å². The first kappa shape index (κ1) is 16.3. The number of thiophene rings is 1. The Morgan fingerprint density at radius 3 is 2.67 bits per heavy atom. The highest BCUT2D eigenvalue weighted by molar-refractivity contribution is 9.10. The summed E-state index contributed by atoms with van der Waals surface area (Å²) in [4.78, 5) is 13.0. The molecule has 2 rings (SSSR count). The van der Waals surface area contributed by atoms with Gasteiger partial charge in [0.05, 0.1) is 5.69 Å². The predicted octanol–water partition coefficient (Wildman–Crippen LogP) is 4.80. The molecule has 0 spiro atoms. The van der Waals surface area contributed by atoms with E-state index in [1.807, 2.05) is 25.1 Å². The third kappa shape index (κ3) is 3.77. The second kappa shape index (κ2) is 6.79. The molecule has 1 amide bonds. The van der Waals surface area contributed by atoms with Crippen molar-refractivity contribution in [1.29, 1.82) is 0 Å². The second-order valence-corrected chi connectivity index (χ2v) is 7.71. The molecule has 21 heavy (non-hydrogen) atoms. The Balaban J connectivity index is 2.16. The highest BCUT2D eigenvalue weighted by Gasteiger charge is 2.19. The van der Waals surface area contributed by atoms with Crippen molar-refractivity contribution in [3.05, 3.63) is 27.5 Å². The van der Waals surface area contributed by atoms with Gasteiger partial charge in [-0.15, -0.1) is 11.3 Å². The fraction of sp³-hybridized carbons (Fsp3) is 0.438. The average molecular weight is 369 g/mol. The maximum absolute atomic E-state index is 12.4. The molecular formula is C16H21BrN2OS. The molecule has 1 aromatic heterocycles. The van der Waals surface area contributed by atoms with E-state index in [4.69, 9.17) is 5.73 Å². The van der Waals surface area contributed by atoms with E-state index >= 15 is 0 Å². The standard InChI is InChI=1S/C16H21BrN2OS/c1-9(2)7-8-10(3)19-16(20)15-14(18)13-11(17)5-4-6-12(13)21-15/h4-6,9-10H,7-8,18H2,1-3H3,(H,19,20). The first-order chi connectivity index (χ1) is 9.90. The van der Waals surface area contributed by atoms with Crippen molar-refractivity contribution >= 4 is 48.9 Å². The maximum Gasteiger partial charge on any atom is 0.263 e. The van der Waals surface area contributed by atoms with Crippen LogP contribution in [-0.2, 0) is 0 Å². The number of hydrogen-bond donors (Lipinski definition) is 2. The Morgan fingerprint density at radius 1 is 1.33 bits per heavy atom. The lowest BCUT2D eigenvalue weighted by atomic mass is 10.0. The van der Waals surface area contributed by atoms with E-state index < -0.39 is 0 Å². The van der Waals surface area contributed by atoms with Gasteiger partial charge in [-0.05, 0) is 37.8 Å². The Labute approximate surface area is 138 Å². The van der Waals surface area contributed by atoms with Crippen LogP contribution in [-0.4, -0.2) is 11.9 Å². The van der Waals surface area contributed by atoms with E-state index in [9.17, 15) is 4.79 Å². The number of halogens is 1. The zero-order chi connectivity index (χ0) is 15.6. The van der Waals surface area contributed by atoms with Gasteiger partial charge in [-0.25, -0.2) is 0 Å². The number of nitrogens with one attached hydrogen (secondary N) is 1. The summed E-state index contributed by atoms with van der Waals surface area (Å²) in [5.41, 5.74) is 6.72. The largest absolute Gasteiger partial charge is 0.397 e. The van der Waals surface area contributed by atoms with Gasteiger partial charge in [-0.3, -0.25) is 4.79 Å². The van der Waals surface area contributed by atoms with Gasteiger partial charge >= 0.3 is 0 Å². The number of carbonyl (C=O) groups excluding carboxylic acids is 1. The van der Waals surface area contributed by atoms with E-state index in [1.165, 1.54) is 11.3 Å². The highest BCUT2D eigenvalue weighted by atomic mass is 79.9. The summed E-state index contributed by atoms with van der Waals surface area (Å²) in [6.07, 6.45) is 2.09. The minimum atomic E-state index is -0.0724. The van der Waals surface area contributed by atoms with Crippen LogP contribution in [0.3, 0.4) is 0 Å². The van der Waals surface area contributed by atoms with Gasteiger partial charge in [0.2, 0.25) is 0 Å². The van der Waals surface area contributed by atoms with Crippen LogP contribution in [0.4, 0.5) is 5.69 Å². The van der Waals surface area contributed by atoms with Gasteiger partial charge in [0.1, 0.15) is 4.88 Å². The number of amides is 1. The Morgan fingerprint density at radius 2 is 2.05 bits per heavy atom. The Bertz CT molecular complexity index is 651. The van der Waals surface area contributed by atoms with Gasteiger partial charge in [0, 0.05) is 20.6 Å². The molecule has 114 valence electrons. The lowest BCUT2D eigenvalue weighted by molar-refractivity contribution is 0.0942. The topological polar surface area (TPSA) is 55.1 Å². The van der Waals surface area contributed by atoms with E-state index in [0.717, 1.165) is 27.4 Å². The summed E-state index contributed by atoms with van der Waals surface area (Å²) >= 11 is 4.94. The number of nitrogen functional groups attached to an aromatic ring is 1. The van der Waals surface area contributed by atoms with Crippen molar-refractivity contribution in [1.82, 2.24) is 5.32 Å². The molecule has 0 saturated carbocycles. The smallest absolute Gasteiger partial charge is 0.263 e. The molecule has 0 aliphatic heterocycles. The lowest BCUT2D eigenvalue weighted by Gasteiger charge is -2.14. The third-order valence-electron chi connectivity index (χ3n) is 3.46. The van der Waals surface area contributed by atoms with E-state index in [2.05, 4.69) is 35.1 Å². The van der Waals surface area contributed by atoms with E-state index in [-0.39, 0.29) is 11.9 Å². The molecule has 3 N–H and O–H groups in total. The number of benzene rings is 1. The van der Waals surface area contributed by atoms with Crippen LogP contribution >= 0.6 is 27.3 Å². The van der Waals surface area contributed by atoms with Gasteiger partial charge in [0.25, 0.3) is 5.91 Å². The molecule has 2 aromatic rings. The van der Waals surface area contributed by atoms with Crippen molar-refractivity contribution in [3.8, 4) is 0 Å². The summed E-state index contributed by atoms with van der Waals surface area (Å²) in [5.74, 6) is 0.576. The molecule has 0 aliphatic carbocycles. The lowest BCUT2D eigenvalue weighted by Crippen LogP contribution is -2.32. The molecule has 0 saturated heterocycles. The summed E-state index contributed by atoms with van der Waals surface area (Å²) in [6.45, 7) is 6.42. The van der Waals surface area contributed by atoms with Crippen LogP contribution in [0.5, 0.6) is 0 Å². The fourth-order valence-electron chi connectivity index (χ4n) is 2.24. The Hall–Kier alpha value is -1.07. The SMILES string of the molecule is CC(C)CCC(C)NC(=O)c1sc2cccc(Br)c2c1N. The second-order valence-electron chi connectivity index (χ2n) is 5.80. The number of nitrogens with two attached hydrogens (primary N) is 1. The fourth-order valence-corrected chi connectivity index (χ4v) is 4.01. The highest BCUT2D eigenvalue weighted by Crippen LogP contribution is 2.38. The molecule has 5 heteroatoms. The molecule has 0 radical (unpaired) electrons. The first-order valence-corrected chi connectivity index (χ1v) is 8.78. The van der Waals surface area contributed by atoms with E-state index in [0.29, 0.717) is 16.5 Å². The predicted molar refractivity (Wildman–Crippen MR) is 94.9 cm³/mol. The summed E-state index contributed by atoms with van der Waals surface area (Å²) in [5, 5.41) is 3.98. The van der Waals surface area contributed by atoms with E-state index in [1.54, 1.807) is 0 Å². The molecule has 1 atom stereocenters. The minimum Gasteiger partial charge on any atom is -0.397 e. The van der Waals surface area contributed by atoms with Crippen LogP contribution in [0.25, 0.3) is 10.1 Å². The third-order valence-corrected chi connectivity index (χ3v) is 5.29. The first-order valence-electron chi connectivity index (χ1n) is 7.17. The number of rotatable bonds is 5. The maximum atomic E-state index is 12.4. The van der Waals surface area contributed by atoms with Crippen LogP contribution < -0.4 is 11.1 Å². The summed E-state index contributed by atoms with van der Waals surface area (Å²) < 4.78 is 1.96. The number of fused-ring (bicyclic) bond motifs is 1. The molecule has 0 aliphatic rings. The number of carbonyl (C=O) groups is 1. The minimum absolute atomic E-state index is 0.0724. The molecule has 3 nitrogen and oxygen atoms in total. The van der Waals surface area contributed by atoms with Crippen molar-refractivity contribution in [2.24, 2.45) is 5.92 Å².